The van der Waals surface area contributed by atoms with Crippen LogP contribution in [0, 0.1) is 5.92 Å². The lowest BCUT2D eigenvalue weighted by atomic mass is 9.99. The first-order valence-corrected chi connectivity index (χ1v) is 8.94. The highest BCUT2D eigenvalue weighted by molar-refractivity contribution is 6.13. The molecule has 0 saturated carbocycles. The van der Waals surface area contributed by atoms with Crippen molar-refractivity contribution in [1.82, 2.24) is 4.98 Å². The zero-order valence-corrected chi connectivity index (χ0v) is 15.5. The van der Waals surface area contributed by atoms with E-state index in [0.29, 0.717) is 28.9 Å². The number of esters is 1. The van der Waals surface area contributed by atoms with Crippen molar-refractivity contribution in [1.29, 1.82) is 0 Å². The summed E-state index contributed by atoms with van der Waals surface area (Å²) < 4.78 is 10.3. The number of aromatic nitrogens is 1. The van der Waals surface area contributed by atoms with E-state index in [0.717, 1.165) is 31.8 Å². The zero-order chi connectivity index (χ0) is 18.7. The molecule has 0 spiro atoms. The van der Waals surface area contributed by atoms with Gasteiger partial charge in [0.25, 0.3) is 5.91 Å². The largest absolute Gasteiger partial charge is 0.496 e. The first-order chi connectivity index (χ1) is 12.5. The number of nitrogens with one attached hydrogen (secondary N) is 3. The maximum absolute atomic E-state index is 12.6. The Morgan fingerprint density at radius 1 is 1.27 bits per heavy atom. The number of anilines is 1. The highest BCUT2D eigenvalue weighted by atomic mass is 16.5. The van der Waals surface area contributed by atoms with E-state index in [1.807, 2.05) is 12.1 Å². The number of quaternary nitrogens is 1. The molecule has 3 N–H and O–H groups in total. The topological polar surface area (TPSA) is 84.9 Å². The molecule has 1 amide bonds. The normalized spacial score (nSPS) is 20.0. The molecule has 1 aliphatic rings. The summed E-state index contributed by atoms with van der Waals surface area (Å²) in [6.07, 6.45) is 2.27. The van der Waals surface area contributed by atoms with Gasteiger partial charge >= 0.3 is 5.97 Å². The number of fused-ring (bicyclic) bond motifs is 1. The van der Waals surface area contributed by atoms with Gasteiger partial charge < -0.3 is 24.7 Å². The van der Waals surface area contributed by atoms with Crippen molar-refractivity contribution in [3.8, 4) is 5.75 Å². The minimum absolute atomic E-state index is 0.119. The maximum atomic E-state index is 12.6. The number of piperidine rings is 1. The summed E-state index contributed by atoms with van der Waals surface area (Å²) in [5.41, 5.74) is 1.35. The molecule has 1 aromatic heterocycles. The first kappa shape index (κ1) is 18.3. The molecule has 7 heteroatoms. The van der Waals surface area contributed by atoms with E-state index in [4.69, 9.17) is 9.47 Å². The van der Waals surface area contributed by atoms with E-state index >= 15 is 0 Å². The fraction of sp³-hybridized carbons (Fsp3) is 0.474. The van der Waals surface area contributed by atoms with Crippen molar-refractivity contribution >= 4 is 28.5 Å². The lowest BCUT2D eigenvalue weighted by Crippen LogP contribution is -3.14. The van der Waals surface area contributed by atoms with Crippen LogP contribution in [0.25, 0.3) is 10.9 Å². The van der Waals surface area contributed by atoms with Crippen LogP contribution in [0.3, 0.4) is 0 Å². The summed E-state index contributed by atoms with van der Waals surface area (Å²) in [7, 11) is 2.87. The van der Waals surface area contributed by atoms with Crippen LogP contribution in [0.5, 0.6) is 5.75 Å². The zero-order valence-electron chi connectivity index (χ0n) is 15.5. The lowest BCUT2D eigenvalue weighted by molar-refractivity contribution is -0.897. The smallest absolute Gasteiger partial charge is 0.356 e. The Hall–Kier alpha value is -2.54. The predicted molar refractivity (Wildman–Crippen MR) is 98.8 cm³/mol. The summed E-state index contributed by atoms with van der Waals surface area (Å²) in [5, 5.41) is 3.58. The molecule has 2 aromatic rings. The van der Waals surface area contributed by atoms with Crippen molar-refractivity contribution in [2.24, 2.45) is 5.92 Å². The Labute approximate surface area is 152 Å². The molecular formula is C19H26N3O4+. The molecule has 0 radical (unpaired) electrons. The molecule has 7 nitrogen and oxygen atoms in total. The molecule has 0 unspecified atom stereocenters. The van der Waals surface area contributed by atoms with Gasteiger partial charge in [-0.2, -0.15) is 0 Å². The molecule has 2 heterocycles. The SMILES string of the molecule is COC(=O)c1[nH]c2cccc(OC)c2c1NC(=O)C[NH+]1CCC(C)CC1. The molecule has 0 aliphatic carbocycles. The van der Waals surface area contributed by atoms with E-state index in [-0.39, 0.29) is 11.6 Å². The second-order valence-corrected chi connectivity index (χ2v) is 6.91. The van der Waals surface area contributed by atoms with E-state index in [9.17, 15) is 9.59 Å². The van der Waals surface area contributed by atoms with Gasteiger partial charge in [0.1, 0.15) is 11.4 Å². The molecule has 1 aliphatic heterocycles. The first-order valence-electron chi connectivity index (χ1n) is 8.94. The minimum Gasteiger partial charge on any atom is -0.496 e. The van der Waals surface area contributed by atoms with Gasteiger partial charge in [-0.25, -0.2) is 4.79 Å². The fourth-order valence-electron chi connectivity index (χ4n) is 3.52. The maximum Gasteiger partial charge on any atom is 0.356 e. The van der Waals surface area contributed by atoms with E-state index in [1.165, 1.54) is 12.0 Å². The van der Waals surface area contributed by atoms with Crippen molar-refractivity contribution in [2.45, 2.75) is 19.8 Å². The van der Waals surface area contributed by atoms with Crippen molar-refractivity contribution in [3.63, 3.8) is 0 Å². The number of amides is 1. The quantitative estimate of drug-likeness (QED) is 0.700. The van der Waals surface area contributed by atoms with Crippen LogP contribution in [0.4, 0.5) is 5.69 Å². The number of carbonyl (C=O) groups is 2. The summed E-state index contributed by atoms with van der Waals surface area (Å²) in [6, 6.07) is 5.45. The van der Waals surface area contributed by atoms with Crippen LogP contribution in [-0.4, -0.2) is 50.7 Å². The number of hydrogen-bond donors (Lipinski definition) is 3. The summed E-state index contributed by atoms with van der Waals surface area (Å²) in [6.45, 7) is 4.62. The summed E-state index contributed by atoms with van der Waals surface area (Å²) in [5.74, 6) is 0.665. The van der Waals surface area contributed by atoms with Gasteiger partial charge in [-0.15, -0.1) is 0 Å². The van der Waals surface area contributed by atoms with Crippen LogP contribution >= 0.6 is 0 Å². The number of methoxy groups -OCH3 is 2. The third kappa shape index (κ3) is 3.67. The lowest BCUT2D eigenvalue weighted by Gasteiger charge is -2.26. The van der Waals surface area contributed by atoms with Gasteiger partial charge in [-0.3, -0.25) is 4.79 Å². The molecule has 0 atom stereocenters. The number of benzene rings is 1. The van der Waals surface area contributed by atoms with Gasteiger partial charge in [0.2, 0.25) is 0 Å². The van der Waals surface area contributed by atoms with Gasteiger partial charge in [0.15, 0.2) is 6.54 Å². The molecule has 1 aromatic carbocycles. The summed E-state index contributed by atoms with van der Waals surface area (Å²) >= 11 is 0. The second-order valence-electron chi connectivity index (χ2n) is 6.91. The highest BCUT2D eigenvalue weighted by Crippen LogP contribution is 2.35. The van der Waals surface area contributed by atoms with Crippen LogP contribution in [0.15, 0.2) is 18.2 Å². The fourth-order valence-corrected chi connectivity index (χ4v) is 3.52. The van der Waals surface area contributed by atoms with Crippen molar-refractivity contribution < 1.29 is 24.0 Å². The third-order valence-electron chi connectivity index (χ3n) is 5.05. The summed E-state index contributed by atoms with van der Waals surface area (Å²) in [4.78, 5) is 29.1. The minimum atomic E-state index is -0.530. The standard InChI is InChI=1S/C19H25N3O4/c1-12-7-9-22(10-8-12)11-15(23)21-17-16-13(5-4-6-14(16)25-2)20-18(17)19(24)26-3/h4-6,12,20H,7-11H2,1-3H3,(H,21,23)/p+1. The molecule has 3 rings (SSSR count). The van der Waals surface area contributed by atoms with Gasteiger partial charge in [-0.1, -0.05) is 13.0 Å². The van der Waals surface area contributed by atoms with Crippen LogP contribution in [0.2, 0.25) is 0 Å². The average molecular weight is 360 g/mol. The molecule has 1 saturated heterocycles. The Bertz CT molecular complexity index is 806. The Morgan fingerprint density at radius 3 is 2.65 bits per heavy atom. The second kappa shape index (κ2) is 7.78. The van der Waals surface area contributed by atoms with E-state index in [2.05, 4.69) is 17.2 Å². The Morgan fingerprint density at radius 2 is 2.00 bits per heavy atom. The number of rotatable bonds is 5. The van der Waals surface area contributed by atoms with Crippen molar-refractivity contribution in [2.75, 3.05) is 39.2 Å². The van der Waals surface area contributed by atoms with Gasteiger partial charge in [0.05, 0.1) is 43.9 Å². The van der Waals surface area contributed by atoms with Crippen LogP contribution in [-0.2, 0) is 9.53 Å². The Balaban J connectivity index is 1.87. The number of hydrogen-bond acceptors (Lipinski definition) is 4. The molecular weight excluding hydrogens is 334 g/mol. The molecule has 1 fully saturated rings. The third-order valence-corrected chi connectivity index (χ3v) is 5.05. The van der Waals surface area contributed by atoms with Crippen LogP contribution in [0.1, 0.15) is 30.3 Å². The van der Waals surface area contributed by atoms with Crippen LogP contribution < -0.4 is 15.0 Å². The molecule has 0 bridgehead atoms. The average Bonchev–Trinajstić information content (AvgIpc) is 3.01. The number of ether oxygens (including phenoxy) is 2. The number of carbonyl (C=O) groups excluding carboxylic acids is 2. The Kier molecular flexibility index (Phi) is 5.46. The number of H-pyrrole nitrogens is 1. The van der Waals surface area contributed by atoms with E-state index in [1.54, 1.807) is 13.2 Å². The number of aromatic amines is 1. The monoisotopic (exact) mass is 360 g/mol. The molecule has 140 valence electrons. The number of likely N-dealkylation sites (tertiary alicyclic amines) is 1. The van der Waals surface area contributed by atoms with Crippen molar-refractivity contribution in [3.05, 3.63) is 23.9 Å². The van der Waals surface area contributed by atoms with Gasteiger partial charge in [-0.05, 0) is 30.9 Å². The predicted octanol–water partition coefficient (Wildman–Crippen LogP) is 1.22. The highest BCUT2D eigenvalue weighted by Gasteiger charge is 2.25. The molecule has 26 heavy (non-hydrogen) atoms. The van der Waals surface area contributed by atoms with Gasteiger partial charge in [0, 0.05) is 0 Å². The van der Waals surface area contributed by atoms with E-state index < -0.39 is 5.97 Å².